The van der Waals surface area contributed by atoms with Crippen LogP contribution in [0.3, 0.4) is 0 Å². The maximum absolute atomic E-state index is 12.8. The SMILES string of the molecule is O=C(NCC1CNCC1O)C(c1ccccc1)N1CCCCC1=O. The van der Waals surface area contributed by atoms with Crippen molar-refractivity contribution in [2.75, 3.05) is 26.2 Å². The first kappa shape index (κ1) is 16.9. The summed E-state index contributed by atoms with van der Waals surface area (Å²) in [6.07, 6.45) is 1.88. The molecule has 0 aromatic heterocycles. The van der Waals surface area contributed by atoms with Crippen molar-refractivity contribution in [2.45, 2.75) is 31.4 Å². The molecule has 2 saturated heterocycles. The van der Waals surface area contributed by atoms with Gasteiger partial charge in [0.1, 0.15) is 6.04 Å². The van der Waals surface area contributed by atoms with Crippen molar-refractivity contribution in [1.82, 2.24) is 15.5 Å². The normalized spacial score (nSPS) is 25.5. The van der Waals surface area contributed by atoms with Crippen LogP contribution in [0.25, 0.3) is 0 Å². The molecule has 2 amide bonds. The Kier molecular flexibility index (Phi) is 5.48. The lowest BCUT2D eigenvalue weighted by atomic mass is 10.00. The van der Waals surface area contributed by atoms with Gasteiger partial charge in [-0.05, 0) is 18.4 Å². The van der Waals surface area contributed by atoms with Gasteiger partial charge in [-0.2, -0.15) is 0 Å². The Balaban J connectivity index is 1.73. The van der Waals surface area contributed by atoms with Crippen LogP contribution in [0, 0.1) is 5.92 Å². The molecule has 1 aromatic carbocycles. The molecule has 3 rings (SSSR count). The maximum Gasteiger partial charge on any atom is 0.247 e. The van der Waals surface area contributed by atoms with E-state index in [1.165, 1.54) is 0 Å². The molecule has 2 aliphatic rings. The molecule has 24 heavy (non-hydrogen) atoms. The molecule has 6 nitrogen and oxygen atoms in total. The minimum Gasteiger partial charge on any atom is -0.391 e. The van der Waals surface area contributed by atoms with Crippen molar-refractivity contribution in [3.05, 3.63) is 35.9 Å². The van der Waals surface area contributed by atoms with Crippen molar-refractivity contribution in [2.24, 2.45) is 5.92 Å². The second-order valence-electron chi connectivity index (χ2n) is 6.59. The highest BCUT2D eigenvalue weighted by Crippen LogP contribution is 2.26. The summed E-state index contributed by atoms with van der Waals surface area (Å²) in [5.41, 5.74) is 0.829. The summed E-state index contributed by atoms with van der Waals surface area (Å²) in [5, 5.41) is 15.9. The molecular formula is C18H25N3O3. The Hall–Kier alpha value is -1.92. The quantitative estimate of drug-likeness (QED) is 0.731. The zero-order valence-corrected chi connectivity index (χ0v) is 13.8. The molecule has 2 heterocycles. The predicted octanol–water partition coefficient (Wildman–Crippen LogP) is 0.437. The molecule has 3 unspecified atom stereocenters. The second-order valence-corrected chi connectivity index (χ2v) is 6.59. The summed E-state index contributed by atoms with van der Waals surface area (Å²) in [4.78, 5) is 26.9. The number of nitrogens with zero attached hydrogens (tertiary/aromatic N) is 1. The van der Waals surface area contributed by atoms with Gasteiger partial charge in [0.15, 0.2) is 0 Å². The van der Waals surface area contributed by atoms with Crippen LogP contribution in [0.2, 0.25) is 0 Å². The Morgan fingerprint density at radius 1 is 1.29 bits per heavy atom. The zero-order chi connectivity index (χ0) is 16.9. The van der Waals surface area contributed by atoms with Crippen LogP contribution in [0.1, 0.15) is 30.9 Å². The van der Waals surface area contributed by atoms with E-state index in [0.29, 0.717) is 32.6 Å². The van der Waals surface area contributed by atoms with Gasteiger partial charge in [0.25, 0.3) is 0 Å². The van der Waals surface area contributed by atoms with Gasteiger partial charge < -0.3 is 20.6 Å². The van der Waals surface area contributed by atoms with E-state index >= 15 is 0 Å². The highest BCUT2D eigenvalue weighted by atomic mass is 16.3. The minimum atomic E-state index is -0.592. The third kappa shape index (κ3) is 3.76. The smallest absolute Gasteiger partial charge is 0.247 e. The van der Waals surface area contributed by atoms with Crippen LogP contribution in [-0.2, 0) is 9.59 Å². The topological polar surface area (TPSA) is 81.7 Å². The predicted molar refractivity (Wildman–Crippen MR) is 90.1 cm³/mol. The number of piperidine rings is 1. The van der Waals surface area contributed by atoms with Gasteiger partial charge in [0.2, 0.25) is 11.8 Å². The highest BCUT2D eigenvalue weighted by molar-refractivity contribution is 5.89. The van der Waals surface area contributed by atoms with E-state index < -0.39 is 12.1 Å². The number of hydrogen-bond donors (Lipinski definition) is 3. The Morgan fingerprint density at radius 3 is 2.75 bits per heavy atom. The fourth-order valence-electron chi connectivity index (χ4n) is 3.46. The second kappa shape index (κ2) is 7.77. The standard InChI is InChI=1S/C18H25N3O3/c22-15-12-19-10-14(15)11-20-18(24)17(13-6-2-1-3-7-13)21-9-5-4-8-16(21)23/h1-3,6-7,14-15,17,19,22H,4-5,8-12H2,(H,20,24). The molecule has 6 heteroatoms. The lowest BCUT2D eigenvalue weighted by molar-refractivity contribution is -0.142. The molecule has 0 spiro atoms. The van der Waals surface area contributed by atoms with Gasteiger partial charge in [0.05, 0.1) is 6.10 Å². The molecule has 1 aromatic rings. The average molecular weight is 331 g/mol. The minimum absolute atomic E-state index is 0.0161. The number of rotatable bonds is 5. The van der Waals surface area contributed by atoms with Crippen LogP contribution >= 0.6 is 0 Å². The number of β-amino-alcohol motifs (C(OH)–C–C–N with tert-alkyl or cyclic N) is 1. The number of hydrogen-bond acceptors (Lipinski definition) is 4. The summed E-state index contributed by atoms with van der Waals surface area (Å²) in [7, 11) is 0. The first-order chi connectivity index (χ1) is 11.7. The van der Waals surface area contributed by atoms with Gasteiger partial charge in [-0.25, -0.2) is 0 Å². The van der Waals surface area contributed by atoms with Crippen LogP contribution in [0.5, 0.6) is 0 Å². The number of nitrogens with one attached hydrogen (secondary N) is 2. The summed E-state index contributed by atoms with van der Waals surface area (Å²) in [5.74, 6) is -0.120. The monoisotopic (exact) mass is 331 g/mol. The fourth-order valence-corrected chi connectivity index (χ4v) is 3.46. The third-order valence-electron chi connectivity index (χ3n) is 4.88. The van der Waals surface area contributed by atoms with E-state index in [1.807, 2.05) is 30.3 Å². The van der Waals surface area contributed by atoms with Crippen LogP contribution in [0.4, 0.5) is 0 Å². The van der Waals surface area contributed by atoms with E-state index in [0.717, 1.165) is 18.4 Å². The molecular weight excluding hydrogens is 306 g/mol. The summed E-state index contributed by atoms with van der Waals surface area (Å²) >= 11 is 0. The van der Waals surface area contributed by atoms with Crippen molar-refractivity contribution >= 4 is 11.8 Å². The largest absolute Gasteiger partial charge is 0.391 e. The van der Waals surface area contributed by atoms with Crippen molar-refractivity contribution < 1.29 is 14.7 Å². The van der Waals surface area contributed by atoms with Crippen LogP contribution in [-0.4, -0.2) is 54.1 Å². The number of amides is 2. The van der Waals surface area contributed by atoms with E-state index in [1.54, 1.807) is 4.90 Å². The molecule has 3 N–H and O–H groups in total. The summed E-state index contributed by atoms with van der Waals surface area (Å²) in [6, 6.07) is 8.85. The number of aliphatic hydroxyl groups is 1. The van der Waals surface area contributed by atoms with Crippen molar-refractivity contribution in [3.8, 4) is 0 Å². The van der Waals surface area contributed by atoms with E-state index in [-0.39, 0.29) is 17.7 Å². The van der Waals surface area contributed by atoms with Gasteiger partial charge >= 0.3 is 0 Å². The van der Waals surface area contributed by atoms with Gasteiger partial charge in [-0.1, -0.05) is 30.3 Å². The molecule has 0 aliphatic carbocycles. The van der Waals surface area contributed by atoms with E-state index in [9.17, 15) is 14.7 Å². The molecule has 2 fully saturated rings. The van der Waals surface area contributed by atoms with Gasteiger partial charge in [0, 0.05) is 38.5 Å². The molecule has 0 bridgehead atoms. The lowest BCUT2D eigenvalue weighted by Gasteiger charge is -2.34. The lowest BCUT2D eigenvalue weighted by Crippen LogP contribution is -2.47. The number of aliphatic hydroxyl groups excluding tert-OH is 1. The number of carbonyl (C=O) groups excluding carboxylic acids is 2. The van der Waals surface area contributed by atoms with Gasteiger partial charge in [-0.3, -0.25) is 9.59 Å². The number of likely N-dealkylation sites (tertiary alicyclic amines) is 1. The molecule has 0 radical (unpaired) electrons. The van der Waals surface area contributed by atoms with Gasteiger partial charge in [-0.15, -0.1) is 0 Å². The third-order valence-corrected chi connectivity index (χ3v) is 4.88. The molecule has 0 saturated carbocycles. The highest BCUT2D eigenvalue weighted by Gasteiger charge is 2.33. The Labute approximate surface area is 142 Å². The molecule has 130 valence electrons. The zero-order valence-electron chi connectivity index (χ0n) is 13.8. The molecule has 2 aliphatic heterocycles. The number of carbonyl (C=O) groups is 2. The average Bonchev–Trinajstić information content (AvgIpc) is 3.01. The van der Waals surface area contributed by atoms with Crippen LogP contribution in [0.15, 0.2) is 30.3 Å². The summed E-state index contributed by atoms with van der Waals surface area (Å²) < 4.78 is 0. The first-order valence-electron chi connectivity index (χ1n) is 8.67. The van der Waals surface area contributed by atoms with Crippen LogP contribution < -0.4 is 10.6 Å². The van der Waals surface area contributed by atoms with E-state index in [4.69, 9.17) is 0 Å². The Morgan fingerprint density at radius 2 is 2.08 bits per heavy atom. The fraction of sp³-hybridized carbons (Fsp3) is 0.556. The molecule has 3 atom stereocenters. The Bertz CT molecular complexity index is 578. The first-order valence-corrected chi connectivity index (χ1v) is 8.67. The summed E-state index contributed by atoms with van der Waals surface area (Å²) in [6.45, 7) is 2.28. The number of benzene rings is 1. The van der Waals surface area contributed by atoms with E-state index in [2.05, 4.69) is 10.6 Å². The van der Waals surface area contributed by atoms with Crippen molar-refractivity contribution in [3.63, 3.8) is 0 Å². The van der Waals surface area contributed by atoms with Crippen molar-refractivity contribution in [1.29, 1.82) is 0 Å². The maximum atomic E-state index is 12.8.